The first kappa shape index (κ1) is 13.3. The minimum atomic E-state index is -0.189. The van der Waals surface area contributed by atoms with Crippen LogP contribution >= 0.6 is 0 Å². The van der Waals surface area contributed by atoms with Crippen LogP contribution in [0.3, 0.4) is 0 Å². The third kappa shape index (κ3) is 3.01. The molecule has 2 rings (SSSR count). The van der Waals surface area contributed by atoms with E-state index in [4.69, 9.17) is 10.9 Å². The van der Waals surface area contributed by atoms with Gasteiger partial charge in [-0.15, -0.1) is 0 Å². The molecule has 1 amide bonds. The smallest absolute Gasteiger partial charge is 0.270 e. The maximum Gasteiger partial charge on any atom is 0.270 e. The fraction of sp³-hybridized carbons (Fsp3) is 0.462. The number of oxime groups is 1. The van der Waals surface area contributed by atoms with Crippen LogP contribution in [0.4, 0.5) is 0 Å². The molecule has 1 aromatic heterocycles. The van der Waals surface area contributed by atoms with E-state index in [2.05, 4.69) is 15.5 Å². The number of pyridine rings is 1. The standard InChI is InChI=1S/C13H18N4O2/c1-8(9-3-2-4-9)16-13(18)11-6-5-10(7-15-11)12(14)17-19/h5-9,19H,2-4H2,1H3,(H2,14,17)(H,16,18). The van der Waals surface area contributed by atoms with Crippen LogP contribution in [0, 0.1) is 5.92 Å². The van der Waals surface area contributed by atoms with Crippen LogP contribution in [-0.4, -0.2) is 28.0 Å². The van der Waals surface area contributed by atoms with Gasteiger partial charge in [0.25, 0.3) is 5.91 Å². The van der Waals surface area contributed by atoms with E-state index >= 15 is 0 Å². The lowest BCUT2D eigenvalue weighted by Crippen LogP contribution is -2.41. The van der Waals surface area contributed by atoms with Crippen LogP contribution in [0.25, 0.3) is 0 Å². The van der Waals surface area contributed by atoms with Crippen LogP contribution in [0.1, 0.15) is 42.2 Å². The van der Waals surface area contributed by atoms with Gasteiger partial charge in [0.05, 0.1) is 0 Å². The molecule has 1 aliphatic rings. The van der Waals surface area contributed by atoms with Gasteiger partial charge in [0.1, 0.15) is 5.69 Å². The summed E-state index contributed by atoms with van der Waals surface area (Å²) >= 11 is 0. The summed E-state index contributed by atoms with van der Waals surface area (Å²) in [6.07, 6.45) is 5.02. The Morgan fingerprint density at radius 1 is 1.58 bits per heavy atom. The maximum absolute atomic E-state index is 12.0. The number of carbonyl (C=O) groups excluding carboxylic acids is 1. The molecule has 1 saturated carbocycles. The summed E-state index contributed by atoms with van der Waals surface area (Å²) in [5.41, 5.74) is 6.24. The molecular formula is C13H18N4O2. The first-order valence-electron chi connectivity index (χ1n) is 6.36. The van der Waals surface area contributed by atoms with Crippen molar-refractivity contribution >= 4 is 11.7 Å². The van der Waals surface area contributed by atoms with Gasteiger partial charge in [-0.05, 0) is 37.8 Å². The molecular weight excluding hydrogens is 244 g/mol. The highest BCUT2D eigenvalue weighted by molar-refractivity contribution is 5.98. The van der Waals surface area contributed by atoms with Gasteiger partial charge in [0.2, 0.25) is 0 Å². The summed E-state index contributed by atoms with van der Waals surface area (Å²) in [4.78, 5) is 16.0. The van der Waals surface area contributed by atoms with E-state index < -0.39 is 0 Å². The first-order chi connectivity index (χ1) is 9.11. The highest BCUT2D eigenvalue weighted by Crippen LogP contribution is 2.29. The minimum Gasteiger partial charge on any atom is -0.409 e. The van der Waals surface area contributed by atoms with Crippen LogP contribution in [0.15, 0.2) is 23.5 Å². The number of amides is 1. The molecule has 0 radical (unpaired) electrons. The number of amidine groups is 1. The zero-order chi connectivity index (χ0) is 13.8. The highest BCUT2D eigenvalue weighted by atomic mass is 16.4. The van der Waals surface area contributed by atoms with Crippen molar-refractivity contribution in [3.8, 4) is 0 Å². The van der Waals surface area contributed by atoms with Gasteiger partial charge in [0, 0.05) is 17.8 Å². The van der Waals surface area contributed by atoms with Crippen LogP contribution in [0.2, 0.25) is 0 Å². The molecule has 0 aromatic carbocycles. The second-order valence-corrected chi connectivity index (χ2v) is 4.87. The van der Waals surface area contributed by atoms with E-state index in [1.807, 2.05) is 6.92 Å². The van der Waals surface area contributed by atoms with Crippen molar-refractivity contribution in [2.45, 2.75) is 32.2 Å². The summed E-state index contributed by atoms with van der Waals surface area (Å²) in [5, 5.41) is 14.4. The van der Waals surface area contributed by atoms with Gasteiger partial charge in [0.15, 0.2) is 5.84 Å². The maximum atomic E-state index is 12.0. The fourth-order valence-corrected chi connectivity index (χ4v) is 2.08. The van der Waals surface area contributed by atoms with E-state index in [0.29, 0.717) is 17.2 Å². The van der Waals surface area contributed by atoms with Crippen LogP contribution in [-0.2, 0) is 0 Å². The van der Waals surface area contributed by atoms with Crippen molar-refractivity contribution in [1.29, 1.82) is 0 Å². The number of hydrogen-bond donors (Lipinski definition) is 3. The van der Waals surface area contributed by atoms with Crippen molar-refractivity contribution in [1.82, 2.24) is 10.3 Å². The van der Waals surface area contributed by atoms with Crippen LogP contribution in [0.5, 0.6) is 0 Å². The highest BCUT2D eigenvalue weighted by Gasteiger charge is 2.25. The molecule has 102 valence electrons. The van der Waals surface area contributed by atoms with Gasteiger partial charge in [-0.1, -0.05) is 11.6 Å². The second-order valence-electron chi connectivity index (χ2n) is 4.87. The van der Waals surface area contributed by atoms with Crippen molar-refractivity contribution in [3.63, 3.8) is 0 Å². The predicted octanol–water partition coefficient (Wildman–Crippen LogP) is 1.09. The monoisotopic (exact) mass is 262 g/mol. The molecule has 1 unspecified atom stereocenters. The summed E-state index contributed by atoms with van der Waals surface area (Å²) in [7, 11) is 0. The topological polar surface area (TPSA) is 101 Å². The molecule has 6 heteroatoms. The molecule has 6 nitrogen and oxygen atoms in total. The minimum absolute atomic E-state index is 0.0257. The normalized spacial score (nSPS) is 17.6. The third-order valence-electron chi connectivity index (χ3n) is 3.62. The van der Waals surface area contributed by atoms with Gasteiger partial charge in [-0.3, -0.25) is 9.78 Å². The Morgan fingerprint density at radius 3 is 2.79 bits per heavy atom. The zero-order valence-corrected chi connectivity index (χ0v) is 10.8. The molecule has 0 bridgehead atoms. The number of hydrogen-bond acceptors (Lipinski definition) is 4. The molecule has 1 heterocycles. The number of nitrogens with one attached hydrogen (secondary N) is 1. The molecule has 0 aliphatic heterocycles. The molecule has 1 aliphatic carbocycles. The third-order valence-corrected chi connectivity index (χ3v) is 3.62. The van der Waals surface area contributed by atoms with E-state index in [1.165, 1.54) is 25.5 Å². The summed E-state index contributed by atoms with van der Waals surface area (Å²) < 4.78 is 0. The Kier molecular flexibility index (Phi) is 3.99. The Morgan fingerprint density at radius 2 is 2.32 bits per heavy atom. The van der Waals surface area contributed by atoms with Gasteiger partial charge in [-0.2, -0.15) is 0 Å². The quantitative estimate of drug-likeness (QED) is 0.327. The van der Waals surface area contributed by atoms with Crippen molar-refractivity contribution in [3.05, 3.63) is 29.6 Å². The number of nitrogens with zero attached hydrogens (tertiary/aromatic N) is 2. The number of aromatic nitrogens is 1. The second kappa shape index (κ2) is 5.69. The van der Waals surface area contributed by atoms with Gasteiger partial charge >= 0.3 is 0 Å². The molecule has 0 spiro atoms. The van der Waals surface area contributed by atoms with E-state index in [0.717, 1.165) is 0 Å². The average Bonchev–Trinajstić information content (AvgIpc) is 2.35. The molecule has 1 aromatic rings. The molecule has 19 heavy (non-hydrogen) atoms. The van der Waals surface area contributed by atoms with E-state index in [1.54, 1.807) is 12.1 Å². The lowest BCUT2D eigenvalue weighted by Gasteiger charge is -2.31. The lowest BCUT2D eigenvalue weighted by atomic mass is 9.80. The fourth-order valence-electron chi connectivity index (χ4n) is 2.08. The number of carbonyl (C=O) groups is 1. The van der Waals surface area contributed by atoms with Gasteiger partial charge < -0.3 is 16.3 Å². The van der Waals surface area contributed by atoms with Crippen molar-refractivity contribution < 1.29 is 10.0 Å². The predicted molar refractivity (Wildman–Crippen MR) is 71.0 cm³/mol. The summed E-state index contributed by atoms with van der Waals surface area (Å²) in [6.45, 7) is 2.02. The Balaban J connectivity index is 1.99. The van der Waals surface area contributed by atoms with E-state index in [-0.39, 0.29) is 17.8 Å². The largest absolute Gasteiger partial charge is 0.409 e. The Labute approximate surface area is 111 Å². The first-order valence-corrected chi connectivity index (χ1v) is 6.36. The number of rotatable bonds is 4. The van der Waals surface area contributed by atoms with Gasteiger partial charge in [-0.25, -0.2) is 0 Å². The van der Waals surface area contributed by atoms with Crippen LogP contribution < -0.4 is 11.1 Å². The SMILES string of the molecule is CC(NC(=O)c1ccc(/C(N)=N/O)cn1)C1CCC1. The van der Waals surface area contributed by atoms with Crippen molar-refractivity contribution in [2.24, 2.45) is 16.8 Å². The Hall–Kier alpha value is -2.11. The lowest BCUT2D eigenvalue weighted by molar-refractivity contribution is 0.0904. The molecule has 4 N–H and O–H groups in total. The summed E-state index contributed by atoms with van der Waals surface area (Å²) in [5.74, 6) is 0.369. The molecule has 0 saturated heterocycles. The average molecular weight is 262 g/mol. The number of nitrogens with two attached hydrogens (primary N) is 1. The summed E-state index contributed by atoms with van der Waals surface area (Å²) in [6, 6.07) is 3.34. The van der Waals surface area contributed by atoms with E-state index in [9.17, 15) is 4.79 Å². The van der Waals surface area contributed by atoms with Crippen molar-refractivity contribution in [2.75, 3.05) is 0 Å². The Bertz CT molecular complexity index is 480. The molecule has 1 atom stereocenters. The molecule has 1 fully saturated rings. The zero-order valence-electron chi connectivity index (χ0n) is 10.8.